The Bertz CT molecular complexity index is 593. The standard InChI is InChI=1S/C18H21O3P/c1-20-18(13-3-2-4-16(10-13)21-22-19)17-14-6-11-5-12(8-14)9-15(17)7-11/h2-4,10-12,14-15H,5-9H2,1H3. The Morgan fingerprint density at radius 2 is 1.77 bits per heavy atom. The summed E-state index contributed by atoms with van der Waals surface area (Å²) in [7, 11) is 1.45. The van der Waals surface area contributed by atoms with E-state index in [1.54, 1.807) is 7.11 Å². The van der Waals surface area contributed by atoms with E-state index in [4.69, 9.17) is 9.26 Å². The van der Waals surface area contributed by atoms with Crippen LogP contribution in [0.5, 0.6) is 5.75 Å². The molecule has 4 saturated carbocycles. The first-order valence-corrected chi connectivity index (χ1v) is 8.89. The Hall–Kier alpha value is -1.34. The first-order valence-electron chi connectivity index (χ1n) is 8.16. The summed E-state index contributed by atoms with van der Waals surface area (Å²) < 4.78 is 21.6. The van der Waals surface area contributed by atoms with Crippen LogP contribution < -0.4 is 4.52 Å². The van der Waals surface area contributed by atoms with Crippen molar-refractivity contribution in [2.24, 2.45) is 23.7 Å². The molecule has 4 heteroatoms. The summed E-state index contributed by atoms with van der Waals surface area (Å²) in [4.78, 5) is 0. The molecule has 0 radical (unpaired) electrons. The Morgan fingerprint density at radius 3 is 2.36 bits per heavy atom. The van der Waals surface area contributed by atoms with Crippen LogP contribution in [0.15, 0.2) is 29.8 Å². The van der Waals surface area contributed by atoms with Crippen LogP contribution in [0.4, 0.5) is 0 Å². The van der Waals surface area contributed by atoms with Gasteiger partial charge in [-0.2, -0.15) is 0 Å². The molecule has 22 heavy (non-hydrogen) atoms. The monoisotopic (exact) mass is 316 g/mol. The topological polar surface area (TPSA) is 35.5 Å². The SMILES string of the molecule is COC(=C1C2CC3CC(C2)CC1C3)c1cccc(OP=O)c1. The Labute approximate surface area is 133 Å². The van der Waals surface area contributed by atoms with Gasteiger partial charge in [-0.05, 0) is 73.5 Å². The number of ether oxygens (including phenoxy) is 1. The lowest BCUT2D eigenvalue weighted by atomic mass is 9.54. The van der Waals surface area contributed by atoms with E-state index in [1.807, 2.05) is 18.2 Å². The van der Waals surface area contributed by atoms with Gasteiger partial charge in [-0.3, -0.25) is 0 Å². The maximum absolute atomic E-state index is 10.7. The molecule has 116 valence electrons. The molecule has 4 fully saturated rings. The zero-order chi connectivity index (χ0) is 15.1. The van der Waals surface area contributed by atoms with Gasteiger partial charge in [0.25, 0.3) is 0 Å². The van der Waals surface area contributed by atoms with Gasteiger partial charge < -0.3 is 9.26 Å². The second-order valence-electron chi connectivity index (χ2n) is 6.99. The first-order chi connectivity index (χ1) is 10.8. The van der Waals surface area contributed by atoms with Crippen molar-refractivity contribution in [3.63, 3.8) is 0 Å². The molecule has 0 unspecified atom stereocenters. The predicted octanol–water partition coefficient (Wildman–Crippen LogP) is 5.09. The second kappa shape index (κ2) is 5.70. The summed E-state index contributed by atoms with van der Waals surface area (Å²) in [5, 5.41) is 0. The van der Waals surface area contributed by atoms with Crippen molar-refractivity contribution in [2.45, 2.75) is 32.1 Å². The molecule has 0 aliphatic heterocycles. The Morgan fingerprint density at radius 1 is 1.09 bits per heavy atom. The van der Waals surface area contributed by atoms with E-state index in [0.29, 0.717) is 17.6 Å². The predicted molar refractivity (Wildman–Crippen MR) is 85.7 cm³/mol. The fraction of sp³-hybridized carbons (Fsp3) is 0.556. The van der Waals surface area contributed by atoms with Crippen molar-refractivity contribution >= 4 is 14.4 Å². The molecule has 4 bridgehead atoms. The van der Waals surface area contributed by atoms with Crippen molar-refractivity contribution in [3.8, 4) is 5.75 Å². The average molecular weight is 316 g/mol. The third-order valence-corrected chi connectivity index (χ3v) is 6.01. The third-order valence-electron chi connectivity index (χ3n) is 5.72. The number of hydrogen-bond acceptors (Lipinski definition) is 3. The van der Waals surface area contributed by atoms with Crippen LogP contribution in [0.1, 0.15) is 37.7 Å². The maximum atomic E-state index is 10.7. The van der Waals surface area contributed by atoms with Gasteiger partial charge in [0, 0.05) is 5.56 Å². The molecule has 1 aromatic rings. The summed E-state index contributed by atoms with van der Waals surface area (Å²) in [6.07, 6.45) is 6.80. The van der Waals surface area contributed by atoms with Crippen molar-refractivity contribution in [2.75, 3.05) is 7.11 Å². The maximum Gasteiger partial charge on any atom is 0.395 e. The van der Waals surface area contributed by atoms with Gasteiger partial charge in [0.2, 0.25) is 0 Å². The average Bonchev–Trinajstić information content (AvgIpc) is 2.51. The lowest BCUT2D eigenvalue weighted by Crippen LogP contribution is -2.40. The van der Waals surface area contributed by atoms with Gasteiger partial charge in [-0.25, -0.2) is 4.57 Å². The second-order valence-corrected chi connectivity index (χ2v) is 7.32. The highest BCUT2D eigenvalue weighted by Gasteiger charge is 2.46. The zero-order valence-electron chi connectivity index (χ0n) is 12.8. The van der Waals surface area contributed by atoms with Crippen molar-refractivity contribution < 1.29 is 13.8 Å². The normalized spacial score (nSPS) is 32.3. The highest BCUT2D eigenvalue weighted by molar-refractivity contribution is 7.17. The van der Waals surface area contributed by atoms with E-state index in [2.05, 4.69) is 6.07 Å². The number of hydrogen-bond donors (Lipinski definition) is 0. The minimum atomic E-state index is -0.318. The van der Waals surface area contributed by atoms with Crippen molar-refractivity contribution in [3.05, 3.63) is 35.4 Å². The molecule has 0 N–H and O–H groups in total. The lowest BCUT2D eigenvalue weighted by molar-refractivity contribution is 0.0675. The summed E-state index contributed by atoms with van der Waals surface area (Å²) in [5.41, 5.74) is 2.58. The quantitative estimate of drug-likeness (QED) is 0.573. The molecule has 0 amide bonds. The fourth-order valence-electron chi connectivity index (χ4n) is 5.20. The van der Waals surface area contributed by atoms with Gasteiger partial charge >= 0.3 is 8.69 Å². The molecule has 3 nitrogen and oxygen atoms in total. The summed E-state index contributed by atoms with van der Waals surface area (Å²) in [6, 6.07) is 7.75. The fourth-order valence-corrected chi connectivity index (χ4v) is 5.40. The van der Waals surface area contributed by atoms with Crippen LogP contribution in [0, 0.1) is 23.7 Å². The van der Waals surface area contributed by atoms with Crippen LogP contribution in [-0.4, -0.2) is 7.11 Å². The largest absolute Gasteiger partial charge is 0.496 e. The molecule has 0 aromatic heterocycles. The molecule has 0 heterocycles. The highest BCUT2D eigenvalue weighted by atomic mass is 31.1. The van der Waals surface area contributed by atoms with Crippen molar-refractivity contribution in [1.29, 1.82) is 0 Å². The van der Waals surface area contributed by atoms with E-state index in [1.165, 1.54) is 37.7 Å². The van der Waals surface area contributed by atoms with E-state index >= 15 is 0 Å². The molecule has 4 aliphatic carbocycles. The molecule has 1 aromatic carbocycles. The van der Waals surface area contributed by atoms with Gasteiger partial charge in [0.15, 0.2) is 0 Å². The van der Waals surface area contributed by atoms with Gasteiger partial charge in [-0.1, -0.05) is 12.1 Å². The summed E-state index contributed by atoms with van der Waals surface area (Å²) in [5.74, 6) is 4.94. The number of methoxy groups -OCH3 is 1. The summed E-state index contributed by atoms with van der Waals surface area (Å²) >= 11 is 0. The number of allylic oxidation sites excluding steroid dienone is 1. The minimum Gasteiger partial charge on any atom is -0.496 e. The number of rotatable bonds is 4. The first kappa shape index (κ1) is 14.3. The highest BCUT2D eigenvalue weighted by Crippen LogP contribution is 2.57. The summed E-state index contributed by atoms with van der Waals surface area (Å²) in [6.45, 7) is 0. The van der Waals surface area contributed by atoms with Gasteiger partial charge in [0.05, 0.1) is 7.11 Å². The molecule has 0 spiro atoms. The van der Waals surface area contributed by atoms with E-state index in [0.717, 1.165) is 23.2 Å². The molecular formula is C18H21O3P. The Balaban J connectivity index is 1.74. The number of benzene rings is 1. The van der Waals surface area contributed by atoms with Crippen LogP contribution in [0.3, 0.4) is 0 Å². The smallest absolute Gasteiger partial charge is 0.395 e. The van der Waals surface area contributed by atoms with Gasteiger partial charge in [0.1, 0.15) is 11.5 Å². The van der Waals surface area contributed by atoms with Crippen LogP contribution >= 0.6 is 8.69 Å². The molecule has 0 atom stereocenters. The third kappa shape index (κ3) is 2.36. The van der Waals surface area contributed by atoms with E-state index in [-0.39, 0.29) is 8.69 Å². The van der Waals surface area contributed by atoms with Crippen LogP contribution in [0.25, 0.3) is 5.76 Å². The van der Waals surface area contributed by atoms with E-state index < -0.39 is 0 Å². The molecular weight excluding hydrogens is 295 g/mol. The molecule has 5 rings (SSSR count). The van der Waals surface area contributed by atoms with Crippen LogP contribution in [0.2, 0.25) is 0 Å². The minimum absolute atomic E-state index is 0.318. The molecule has 4 aliphatic rings. The van der Waals surface area contributed by atoms with Crippen molar-refractivity contribution in [1.82, 2.24) is 0 Å². The van der Waals surface area contributed by atoms with Gasteiger partial charge in [-0.15, -0.1) is 0 Å². The van der Waals surface area contributed by atoms with E-state index in [9.17, 15) is 4.57 Å². The lowest BCUT2D eigenvalue weighted by Gasteiger charge is -2.51. The van der Waals surface area contributed by atoms with Crippen LogP contribution in [-0.2, 0) is 9.30 Å². The Kier molecular flexibility index (Phi) is 3.69. The molecule has 0 saturated heterocycles. The zero-order valence-corrected chi connectivity index (χ0v) is 13.7.